The van der Waals surface area contributed by atoms with Gasteiger partial charge in [-0.25, -0.2) is 0 Å². The van der Waals surface area contributed by atoms with Gasteiger partial charge in [-0.05, 0) is 49.7 Å². The summed E-state index contributed by atoms with van der Waals surface area (Å²) in [4.78, 5) is 0. The van der Waals surface area contributed by atoms with Crippen LogP contribution in [-0.2, 0) is 0 Å². The molecule has 2 aromatic rings. The summed E-state index contributed by atoms with van der Waals surface area (Å²) in [6.45, 7) is 7.39. The zero-order valence-electron chi connectivity index (χ0n) is 12.5. The standard InChI is InChI=1S/C18H23NO/c1-4-18(19-5-2)15-8-12-17(13-9-15)20-16-10-6-14(3)7-11-16/h6-13,18-19H,4-5H2,1-3H3. The van der Waals surface area contributed by atoms with Gasteiger partial charge in [0.05, 0.1) is 0 Å². The molecule has 0 aliphatic carbocycles. The smallest absolute Gasteiger partial charge is 0.127 e. The minimum Gasteiger partial charge on any atom is -0.457 e. The molecule has 0 bridgehead atoms. The van der Waals surface area contributed by atoms with Crippen molar-refractivity contribution in [2.45, 2.75) is 33.2 Å². The molecule has 2 heteroatoms. The molecule has 2 nitrogen and oxygen atoms in total. The average Bonchev–Trinajstić information content (AvgIpc) is 2.48. The van der Waals surface area contributed by atoms with E-state index in [1.165, 1.54) is 11.1 Å². The molecule has 0 amide bonds. The van der Waals surface area contributed by atoms with Crippen LogP contribution in [0.3, 0.4) is 0 Å². The van der Waals surface area contributed by atoms with Gasteiger partial charge in [-0.2, -0.15) is 0 Å². The summed E-state index contributed by atoms with van der Waals surface area (Å²) in [6.07, 6.45) is 1.09. The van der Waals surface area contributed by atoms with Crippen LogP contribution >= 0.6 is 0 Å². The summed E-state index contributed by atoms with van der Waals surface area (Å²) in [6, 6.07) is 16.9. The van der Waals surface area contributed by atoms with E-state index in [1.807, 2.05) is 24.3 Å². The molecule has 106 valence electrons. The highest BCUT2D eigenvalue weighted by molar-refractivity contribution is 5.35. The Balaban J connectivity index is 2.06. The van der Waals surface area contributed by atoms with E-state index >= 15 is 0 Å². The summed E-state index contributed by atoms with van der Waals surface area (Å²) in [5.74, 6) is 1.76. The monoisotopic (exact) mass is 269 g/mol. The van der Waals surface area contributed by atoms with Gasteiger partial charge in [-0.3, -0.25) is 0 Å². The van der Waals surface area contributed by atoms with Crippen molar-refractivity contribution in [3.05, 3.63) is 59.7 Å². The van der Waals surface area contributed by atoms with Crippen LogP contribution in [0, 0.1) is 6.92 Å². The number of hydrogen-bond acceptors (Lipinski definition) is 2. The second-order valence-electron chi connectivity index (χ2n) is 5.00. The van der Waals surface area contributed by atoms with Crippen molar-refractivity contribution in [1.29, 1.82) is 0 Å². The van der Waals surface area contributed by atoms with Gasteiger partial charge in [0.2, 0.25) is 0 Å². The highest BCUT2D eigenvalue weighted by Gasteiger charge is 2.07. The second-order valence-corrected chi connectivity index (χ2v) is 5.00. The predicted octanol–water partition coefficient (Wildman–Crippen LogP) is 4.85. The summed E-state index contributed by atoms with van der Waals surface area (Å²) in [7, 11) is 0. The third kappa shape index (κ3) is 3.84. The lowest BCUT2D eigenvalue weighted by Gasteiger charge is -2.16. The number of hydrogen-bond donors (Lipinski definition) is 1. The molecule has 20 heavy (non-hydrogen) atoms. The van der Waals surface area contributed by atoms with E-state index in [0.29, 0.717) is 6.04 Å². The van der Waals surface area contributed by atoms with Crippen LogP contribution in [0.2, 0.25) is 0 Å². The maximum atomic E-state index is 5.84. The molecule has 0 aromatic heterocycles. The molecule has 0 spiro atoms. The SMILES string of the molecule is CCNC(CC)c1ccc(Oc2ccc(C)cc2)cc1. The Kier molecular flexibility index (Phi) is 5.19. The first-order chi connectivity index (χ1) is 9.72. The molecular weight excluding hydrogens is 246 g/mol. The van der Waals surface area contributed by atoms with E-state index in [-0.39, 0.29) is 0 Å². The normalized spacial score (nSPS) is 12.2. The van der Waals surface area contributed by atoms with Crippen LogP contribution < -0.4 is 10.1 Å². The minimum atomic E-state index is 0.424. The maximum absolute atomic E-state index is 5.84. The zero-order valence-corrected chi connectivity index (χ0v) is 12.5. The molecule has 0 aliphatic rings. The van der Waals surface area contributed by atoms with Crippen LogP contribution in [0.25, 0.3) is 0 Å². The lowest BCUT2D eigenvalue weighted by atomic mass is 10.0. The number of rotatable bonds is 6. The van der Waals surface area contributed by atoms with Gasteiger partial charge >= 0.3 is 0 Å². The van der Waals surface area contributed by atoms with Gasteiger partial charge in [-0.15, -0.1) is 0 Å². The van der Waals surface area contributed by atoms with Crippen molar-refractivity contribution in [1.82, 2.24) is 5.32 Å². The van der Waals surface area contributed by atoms with Gasteiger partial charge in [0.15, 0.2) is 0 Å². The third-order valence-corrected chi connectivity index (χ3v) is 3.40. The molecule has 0 saturated heterocycles. The number of nitrogens with one attached hydrogen (secondary N) is 1. The topological polar surface area (TPSA) is 21.3 Å². The number of ether oxygens (including phenoxy) is 1. The lowest BCUT2D eigenvalue weighted by molar-refractivity contribution is 0.481. The highest BCUT2D eigenvalue weighted by atomic mass is 16.5. The number of aryl methyl sites for hydroxylation is 1. The predicted molar refractivity (Wildman–Crippen MR) is 84.4 cm³/mol. The van der Waals surface area contributed by atoms with Gasteiger partial charge in [0, 0.05) is 6.04 Å². The van der Waals surface area contributed by atoms with Crippen molar-refractivity contribution in [2.75, 3.05) is 6.54 Å². The van der Waals surface area contributed by atoms with Gasteiger partial charge in [0.1, 0.15) is 11.5 Å². The van der Waals surface area contributed by atoms with Crippen molar-refractivity contribution in [2.24, 2.45) is 0 Å². The lowest BCUT2D eigenvalue weighted by Crippen LogP contribution is -2.19. The van der Waals surface area contributed by atoms with Crippen molar-refractivity contribution < 1.29 is 4.74 Å². The maximum Gasteiger partial charge on any atom is 0.127 e. The van der Waals surface area contributed by atoms with E-state index in [4.69, 9.17) is 4.74 Å². The summed E-state index contributed by atoms with van der Waals surface area (Å²) < 4.78 is 5.84. The molecule has 0 heterocycles. The molecular formula is C18H23NO. The summed E-state index contributed by atoms with van der Waals surface area (Å²) in [5, 5.41) is 3.48. The Morgan fingerprint density at radius 2 is 1.45 bits per heavy atom. The van der Waals surface area contributed by atoms with Gasteiger partial charge in [-0.1, -0.05) is 43.7 Å². The van der Waals surface area contributed by atoms with Gasteiger partial charge < -0.3 is 10.1 Å². The van der Waals surface area contributed by atoms with Crippen LogP contribution in [0.4, 0.5) is 0 Å². The third-order valence-electron chi connectivity index (χ3n) is 3.40. The number of benzene rings is 2. The zero-order chi connectivity index (χ0) is 14.4. The fraction of sp³-hybridized carbons (Fsp3) is 0.333. The largest absolute Gasteiger partial charge is 0.457 e. The fourth-order valence-corrected chi connectivity index (χ4v) is 2.25. The van der Waals surface area contributed by atoms with Crippen LogP contribution in [0.15, 0.2) is 48.5 Å². The fourth-order valence-electron chi connectivity index (χ4n) is 2.25. The Morgan fingerprint density at radius 1 is 0.900 bits per heavy atom. The Bertz CT molecular complexity index is 516. The molecule has 2 aromatic carbocycles. The highest BCUT2D eigenvalue weighted by Crippen LogP contribution is 2.24. The Morgan fingerprint density at radius 3 is 1.95 bits per heavy atom. The van der Waals surface area contributed by atoms with Crippen LogP contribution in [-0.4, -0.2) is 6.54 Å². The first-order valence-electron chi connectivity index (χ1n) is 7.30. The van der Waals surface area contributed by atoms with Gasteiger partial charge in [0.25, 0.3) is 0 Å². The molecule has 2 rings (SSSR count). The molecule has 1 atom stereocenters. The molecule has 0 fully saturated rings. The average molecular weight is 269 g/mol. The minimum absolute atomic E-state index is 0.424. The quantitative estimate of drug-likeness (QED) is 0.809. The van der Waals surface area contributed by atoms with Crippen LogP contribution in [0.5, 0.6) is 11.5 Å². The van der Waals surface area contributed by atoms with E-state index in [9.17, 15) is 0 Å². The second kappa shape index (κ2) is 7.11. The van der Waals surface area contributed by atoms with E-state index in [1.54, 1.807) is 0 Å². The van der Waals surface area contributed by atoms with Crippen molar-refractivity contribution in [3.8, 4) is 11.5 Å². The molecule has 0 aliphatic heterocycles. The first-order valence-corrected chi connectivity index (χ1v) is 7.30. The van der Waals surface area contributed by atoms with E-state index in [2.05, 4.69) is 50.4 Å². The summed E-state index contributed by atoms with van der Waals surface area (Å²) in [5.41, 5.74) is 2.55. The molecule has 1 N–H and O–H groups in total. The van der Waals surface area contributed by atoms with Crippen molar-refractivity contribution >= 4 is 0 Å². The first kappa shape index (κ1) is 14.6. The molecule has 0 saturated carbocycles. The van der Waals surface area contributed by atoms with E-state index < -0.39 is 0 Å². The molecule has 1 unspecified atom stereocenters. The van der Waals surface area contributed by atoms with E-state index in [0.717, 1.165) is 24.5 Å². The Labute approximate surface area is 121 Å². The van der Waals surface area contributed by atoms with Crippen molar-refractivity contribution in [3.63, 3.8) is 0 Å². The summed E-state index contributed by atoms with van der Waals surface area (Å²) >= 11 is 0. The Hall–Kier alpha value is -1.80. The molecule has 0 radical (unpaired) electrons. The van der Waals surface area contributed by atoms with Crippen LogP contribution in [0.1, 0.15) is 37.4 Å².